The van der Waals surface area contributed by atoms with Gasteiger partial charge in [0.15, 0.2) is 0 Å². The number of nitrogens with two attached hydrogens (primary N) is 1. The second-order valence-electron chi connectivity index (χ2n) is 6.08. The summed E-state index contributed by atoms with van der Waals surface area (Å²) >= 11 is 3.95. The Morgan fingerprint density at radius 3 is 1.71 bits per heavy atom. The summed E-state index contributed by atoms with van der Waals surface area (Å²) < 4.78 is 19.3. The minimum atomic E-state index is -0.966. The van der Waals surface area contributed by atoms with Crippen LogP contribution in [0.2, 0.25) is 0 Å². The molecule has 0 saturated heterocycles. The Balaban J connectivity index is 0.000000545. The van der Waals surface area contributed by atoms with E-state index in [1.807, 2.05) is 38.1 Å². The highest BCUT2D eigenvalue weighted by Crippen LogP contribution is 2.23. The number of benzene rings is 2. The van der Waals surface area contributed by atoms with Gasteiger partial charge < -0.3 is 30.0 Å². The fourth-order valence-electron chi connectivity index (χ4n) is 2.18. The molecule has 0 aromatic heterocycles. The summed E-state index contributed by atoms with van der Waals surface area (Å²) in [5.74, 6) is -1.36. The Morgan fingerprint density at radius 1 is 0.743 bits per heavy atom. The van der Waals surface area contributed by atoms with Crippen molar-refractivity contribution in [1.29, 1.82) is 0 Å². The van der Waals surface area contributed by atoms with Crippen LogP contribution in [0.1, 0.15) is 27.7 Å². The van der Waals surface area contributed by atoms with E-state index < -0.39 is 23.1 Å². The van der Waals surface area contributed by atoms with Crippen molar-refractivity contribution in [3.63, 3.8) is 0 Å². The number of para-hydroxylation sites is 4. The molecule has 0 aliphatic rings. The highest BCUT2D eigenvalue weighted by Gasteiger charge is 2.19. The number of esters is 2. The third kappa shape index (κ3) is 13.5. The second kappa shape index (κ2) is 18.6. The number of nitrogens with one attached hydrogen (secondary N) is 1. The van der Waals surface area contributed by atoms with Crippen LogP contribution in [0.25, 0.3) is 0 Å². The monoisotopic (exact) mass is 511 g/mol. The van der Waals surface area contributed by atoms with Crippen LogP contribution in [0, 0.1) is 11.6 Å². The molecular formula is C24H32ClN2O8+. The number of halogens is 1. The maximum Gasteiger partial charge on any atom is 0.508 e. The molecule has 0 atom stereocenters. The number of nitrogen functional groups attached to an aromatic ring is 1. The van der Waals surface area contributed by atoms with E-state index in [-0.39, 0.29) is 13.2 Å². The average Bonchev–Trinajstić information content (AvgIpc) is 2.83. The first-order valence-electron chi connectivity index (χ1n) is 10.8. The molecule has 0 unspecified atom stereocenters. The Morgan fingerprint density at radius 2 is 1.23 bits per heavy atom. The SMILES string of the molecule is CCOC(=O)C(=O)Nc1ccccc1OCC.CCOC(=O)C(=O)[ClH+].CCOc1ccccc1N. The second-order valence-corrected chi connectivity index (χ2v) is 6.45. The summed E-state index contributed by atoms with van der Waals surface area (Å²) in [6.07, 6.45) is 0. The minimum Gasteiger partial charge on any atom is -0.492 e. The molecule has 11 heteroatoms. The largest absolute Gasteiger partial charge is 0.508 e. The Bertz CT molecular complexity index is 953. The number of hydrogen-bond donors (Lipinski definition) is 2. The summed E-state index contributed by atoms with van der Waals surface area (Å²) in [5.41, 5.74) is 6.73. The fourth-order valence-corrected chi connectivity index (χ4v) is 2.24. The number of anilines is 2. The molecule has 2 aromatic rings. The van der Waals surface area contributed by atoms with Gasteiger partial charge in [-0.25, -0.2) is 14.4 Å². The smallest absolute Gasteiger partial charge is 0.492 e. The van der Waals surface area contributed by atoms with Crippen LogP contribution in [-0.4, -0.2) is 49.5 Å². The Kier molecular flexibility index (Phi) is 16.6. The lowest BCUT2D eigenvalue weighted by atomic mass is 10.3. The molecule has 192 valence electrons. The highest BCUT2D eigenvalue weighted by molar-refractivity contribution is 6.37. The molecule has 0 spiro atoms. The van der Waals surface area contributed by atoms with Crippen LogP contribution in [0.3, 0.4) is 0 Å². The van der Waals surface area contributed by atoms with Gasteiger partial charge in [0.05, 0.1) is 37.8 Å². The average molecular weight is 512 g/mol. The third-order valence-corrected chi connectivity index (χ3v) is 3.72. The number of carbonyl (C=O) groups is 4. The van der Waals surface area contributed by atoms with Crippen LogP contribution in [0.4, 0.5) is 11.4 Å². The Hall–Kier alpha value is -3.79. The molecule has 0 aliphatic heterocycles. The normalized spacial score (nSPS) is 9.17. The first kappa shape index (κ1) is 31.2. The molecule has 0 bridgehead atoms. The van der Waals surface area contributed by atoms with Crippen LogP contribution >= 0.6 is 0 Å². The number of amides is 1. The fraction of sp³-hybridized carbons (Fsp3) is 0.333. The standard InChI is InChI=1S/C12H15NO4.C8H11NO.C4H6ClO3/c1-3-16-10-8-6-5-7-9(10)13-11(14)12(15)17-4-2;1-2-10-8-6-4-3-5-7(8)9;1-2-8-4(7)3(5)6/h5-8H,3-4H2,1-2H3,(H,13,14);3-6H,2,9H2,1H3;5H,2H2,1H3/q;;+1. The van der Waals surface area contributed by atoms with E-state index in [9.17, 15) is 19.2 Å². The molecule has 0 aliphatic carbocycles. The van der Waals surface area contributed by atoms with Gasteiger partial charge in [-0.2, -0.15) is 0 Å². The predicted molar refractivity (Wildman–Crippen MR) is 128 cm³/mol. The number of hydrogen-bond acceptors (Lipinski definition) is 9. The van der Waals surface area contributed by atoms with Crippen molar-refractivity contribution in [3.05, 3.63) is 48.5 Å². The quantitative estimate of drug-likeness (QED) is 0.236. The lowest BCUT2D eigenvalue weighted by Gasteiger charge is -2.10. The third-order valence-electron chi connectivity index (χ3n) is 3.56. The molecular weight excluding hydrogens is 480 g/mol. The molecule has 2 aromatic carbocycles. The van der Waals surface area contributed by atoms with Gasteiger partial charge >= 0.3 is 23.1 Å². The first-order chi connectivity index (χ1) is 16.7. The van der Waals surface area contributed by atoms with Gasteiger partial charge in [-0.3, -0.25) is 4.79 Å². The number of carbonyl (C=O) groups excluding carboxylic acids is 4. The maximum atomic E-state index is 11.4. The summed E-state index contributed by atoms with van der Waals surface area (Å²) in [5, 5.41) is 1.48. The maximum absolute atomic E-state index is 11.4. The highest BCUT2D eigenvalue weighted by atomic mass is 35.5. The van der Waals surface area contributed by atoms with Crippen molar-refractivity contribution in [2.75, 3.05) is 37.5 Å². The molecule has 10 nitrogen and oxygen atoms in total. The van der Waals surface area contributed by atoms with E-state index in [0.29, 0.717) is 30.3 Å². The van der Waals surface area contributed by atoms with Crippen molar-refractivity contribution < 1.29 is 49.7 Å². The minimum absolute atomic E-state index is 0.166. The van der Waals surface area contributed by atoms with Crippen molar-refractivity contribution in [1.82, 2.24) is 0 Å². The molecule has 0 heterocycles. The van der Waals surface area contributed by atoms with E-state index in [1.165, 1.54) is 0 Å². The predicted octanol–water partition coefficient (Wildman–Crippen LogP) is 2.61. The van der Waals surface area contributed by atoms with Gasteiger partial charge in [0.25, 0.3) is 0 Å². The Labute approximate surface area is 209 Å². The lowest BCUT2D eigenvalue weighted by Crippen LogP contribution is -2.25. The van der Waals surface area contributed by atoms with Gasteiger partial charge in [-0.05, 0) is 52.0 Å². The van der Waals surface area contributed by atoms with Gasteiger partial charge in [0.1, 0.15) is 11.5 Å². The van der Waals surface area contributed by atoms with Gasteiger partial charge in [0, 0.05) is 0 Å². The molecule has 1 amide bonds. The van der Waals surface area contributed by atoms with Crippen molar-refractivity contribution in [2.45, 2.75) is 27.7 Å². The molecule has 35 heavy (non-hydrogen) atoms. The first-order valence-corrected chi connectivity index (χ1v) is 11.2. The zero-order valence-corrected chi connectivity index (χ0v) is 21.0. The zero-order chi connectivity index (χ0) is 26.6. The van der Waals surface area contributed by atoms with Gasteiger partial charge in [-0.15, -0.1) is 0 Å². The van der Waals surface area contributed by atoms with Gasteiger partial charge in [-0.1, -0.05) is 24.3 Å². The summed E-state index contributed by atoms with van der Waals surface area (Å²) in [6.45, 7) is 8.52. The molecule has 0 saturated carbocycles. The molecule has 2 rings (SSSR count). The summed E-state index contributed by atoms with van der Waals surface area (Å²) in [4.78, 5) is 42.5. The zero-order valence-electron chi connectivity index (χ0n) is 20.2. The van der Waals surface area contributed by atoms with Crippen molar-refractivity contribution in [2.24, 2.45) is 0 Å². The molecule has 3 N–H and O–H groups in total. The summed E-state index contributed by atoms with van der Waals surface area (Å²) in [6, 6.07) is 14.4. The van der Waals surface area contributed by atoms with E-state index in [1.54, 1.807) is 38.1 Å². The number of ether oxygens (including phenoxy) is 4. The number of rotatable bonds is 8. The van der Waals surface area contributed by atoms with Crippen LogP contribution in [-0.2, 0) is 28.7 Å². The topological polar surface area (TPSA) is 143 Å². The van der Waals surface area contributed by atoms with Crippen LogP contribution in [0.5, 0.6) is 11.5 Å². The van der Waals surface area contributed by atoms with Crippen molar-refractivity contribution in [3.8, 4) is 11.5 Å². The van der Waals surface area contributed by atoms with Crippen molar-refractivity contribution >= 4 is 34.5 Å². The van der Waals surface area contributed by atoms with E-state index in [0.717, 1.165) is 5.75 Å². The van der Waals surface area contributed by atoms with E-state index in [4.69, 9.17) is 15.2 Å². The van der Waals surface area contributed by atoms with Crippen LogP contribution < -0.4 is 20.5 Å². The van der Waals surface area contributed by atoms with E-state index >= 15 is 0 Å². The van der Waals surface area contributed by atoms with E-state index in [2.05, 4.69) is 26.4 Å². The summed E-state index contributed by atoms with van der Waals surface area (Å²) in [7, 11) is 0. The van der Waals surface area contributed by atoms with Gasteiger partial charge in [0.2, 0.25) is 11.6 Å². The van der Waals surface area contributed by atoms with Crippen LogP contribution in [0.15, 0.2) is 48.5 Å². The lowest BCUT2D eigenvalue weighted by molar-refractivity contribution is -0.303. The molecule has 0 fully saturated rings. The molecule has 0 radical (unpaired) electrons.